The standard InChI is InChI=1S/C25H25N3O4/c1-3-32-23-13-11-21(12-14-23)28-25(31)18-7-9-20(10-8-18)27-24(30)16-26-22-6-4-5-19(15-22)17(2)29/h4-15,26H,3,16H2,1-2H3,(H,27,30)(H,28,31). The molecule has 0 unspecified atom stereocenters. The van der Waals surface area contributed by atoms with Crippen LogP contribution in [0.4, 0.5) is 17.1 Å². The molecular weight excluding hydrogens is 406 g/mol. The van der Waals surface area contributed by atoms with Crippen molar-refractivity contribution in [3.8, 4) is 5.75 Å². The second kappa shape index (κ2) is 10.8. The van der Waals surface area contributed by atoms with E-state index in [-0.39, 0.29) is 24.1 Å². The van der Waals surface area contributed by atoms with Crippen molar-refractivity contribution in [2.24, 2.45) is 0 Å². The molecule has 164 valence electrons. The summed E-state index contributed by atoms with van der Waals surface area (Å²) in [6.07, 6.45) is 0. The topological polar surface area (TPSA) is 96.5 Å². The molecule has 3 aromatic carbocycles. The Balaban J connectivity index is 1.51. The van der Waals surface area contributed by atoms with E-state index in [4.69, 9.17) is 4.74 Å². The summed E-state index contributed by atoms with van der Waals surface area (Å²) in [4.78, 5) is 36.1. The van der Waals surface area contributed by atoms with Gasteiger partial charge >= 0.3 is 0 Å². The summed E-state index contributed by atoms with van der Waals surface area (Å²) in [5.41, 5.74) is 2.97. The molecule has 7 heteroatoms. The molecule has 3 N–H and O–H groups in total. The molecule has 32 heavy (non-hydrogen) atoms. The van der Waals surface area contributed by atoms with Gasteiger partial charge in [-0.25, -0.2) is 0 Å². The molecule has 0 aromatic heterocycles. The van der Waals surface area contributed by atoms with Gasteiger partial charge in [0.1, 0.15) is 5.75 Å². The van der Waals surface area contributed by atoms with Gasteiger partial charge in [-0.1, -0.05) is 12.1 Å². The molecule has 0 saturated carbocycles. The molecule has 0 aliphatic heterocycles. The molecule has 0 atom stereocenters. The highest BCUT2D eigenvalue weighted by Crippen LogP contribution is 2.17. The van der Waals surface area contributed by atoms with E-state index in [2.05, 4.69) is 16.0 Å². The number of benzene rings is 3. The minimum Gasteiger partial charge on any atom is -0.494 e. The van der Waals surface area contributed by atoms with Crippen LogP contribution in [0.3, 0.4) is 0 Å². The molecule has 0 aliphatic carbocycles. The average molecular weight is 431 g/mol. The van der Waals surface area contributed by atoms with Crippen molar-refractivity contribution < 1.29 is 19.1 Å². The summed E-state index contributed by atoms with van der Waals surface area (Å²) >= 11 is 0. The lowest BCUT2D eigenvalue weighted by atomic mass is 10.1. The van der Waals surface area contributed by atoms with E-state index in [1.807, 2.05) is 6.92 Å². The first-order chi connectivity index (χ1) is 15.4. The average Bonchev–Trinajstić information content (AvgIpc) is 2.80. The molecule has 3 aromatic rings. The zero-order valence-corrected chi connectivity index (χ0v) is 18.0. The Kier molecular flexibility index (Phi) is 7.59. The molecule has 0 aliphatic rings. The van der Waals surface area contributed by atoms with Crippen LogP contribution in [0.1, 0.15) is 34.6 Å². The van der Waals surface area contributed by atoms with Crippen molar-refractivity contribution >= 4 is 34.7 Å². The number of rotatable bonds is 9. The Bertz CT molecular complexity index is 1090. The highest BCUT2D eigenvalue weighted by atomic mass is 16.5. The molecular formula is C25H25N3O4. The number of ketones is 1. The van der Waals surface area contributed by atoms with E-state index in [0.29, 0.717) is 34.8 Å². The van der Waals surface area contributed by atoms with Crippen LogP contribution in [0, 0.1) is 0 Å². The molecule has 0 bridgehead atoms. The molecule has 2 amide bonds. The van der Waals surface area contributed by atoms with Crippen molar-refractivity contribution in [2.75, 3.05) is 29.1 Å². The Morgan fingerprint density at radius 3 is 2.09 bits per heavy atom. The van der Waals surface area contributed by atoms with Crippen molar-refractivity contribution in [2.45, 2.75) is 13.8 Å². The summed E-state index contributed by atoms with van der Waals surface area (Å²) in [6, 6.07) is 20.7. The first kappa shape index (κ1) is 22.6. The van der Waals surface area contributed by atoms with Gasteiger partial charge in [-0.2, -0.15) is 0 Å². The third-order valence-corrected chi connectivity index (χ3v) is 4.58. The molecule has 0 fully saturated rings. The second-order valence-corrected chi connectivity index (χ2v) is 7.03. The zero-order chi connectivity index (χ0) is 22.9. The van der Waals surface area contributed by atoms with Gasteiger partial charge in [0.15, 0.2) is 5.78 Å². The number of hydrogen-bond donors (Lipinski definition) is 3. The Hall–Kier alpha value is -4.13. The number of Topliss-reactive ketones (excluding diaryl/α,β-unsaturated/α-hetero) is 1. The normalized spacial score (nSPS) is 10.2. The smallest absolute Gasteiger partial charge is 0.255 e. The van der Waals surface area contributed by atoms with Crippen LogP contribution < -0.4 is 20.7 Å². The summed E-state index contributed by atoms with van der Waals surface area (Å²) in [5, 5.41) is 8.58. The SMILES string of the molecule is CCOc1ccc(NC(=O)c2ccc(NC(=O)CNc3cccc(C(C)=O)c3)cc2)cc1. The molecule has 0 radical (unpaired) electrons. The van der Waals surface area contributed by atoms with Crippen molar-refractivity contribution in [3.05, 3.63) is 83.9 Å². The lowest BCUT2D eigenvalue weighted by Crippen LogP contribution is -2.22. The Labute approximate surface area is 186 Å². The number of hydrogen-bond acceptors (Lipinski definition) is 5. The molecule has 3 rings (SSSR count). The number of carbonyl (C=O) groups is 3. The lowest BCUT2D eigenvalue weighted by Gasteiger charge is -2.10. The largest absolute Gasteiger partial charge is 0.494 e. The zero-order valence-electron chi connectivity index (χ0n) is 18.0. The third-order valence-electron chi connectivity index (χ3n) is 4.58. The van der Waals surface area contributed by atoms with Gasteiger partial charge in [0, 0.05) is 28.2 Å². The van der Waals surface area contributed by atoms with E-state index in [9.17, 15) is 14.4 Å². The van der Waals surface area contributed by atoms with Crippen LogP contribution in [-0.4, -0.2) is 30.7 Å². The Morgan fingerprint density at radius 1 is 0.781 bits per heavy atom. The van der Waals surface area contributed by atoms with Gasteiger partial charge in [0.2, 0.25) is 5.91 Å². The van der Waals surface area contributed by atoms with Gasteiger partial charge in [-0.3, -0.25) is 14.4 Å². The van der Waals surface area contributed by atoms with E-state index >= 15 is 0 Å². The minimum atomic E-state index is -0.251. The maximum absolute atomic E-state index is 12.4. The van der Waals surface area contributed by atoms with Gasteiger partial charge < -0.3 is 20.7 Å². The number of ether oxygens (including phenoxy) is 1. The fourth-order valence-corrected chi connectivity index (χ4v) is 2.95. The molecule has 0 heterocycles. The van der Waals surface area contributed by atoms with Gasteiger partial charge in [0.05, 0.1) is 13.2 Å². The summed E-state index contributed by atoms with van der Waals surface area (Å²) in [7, 11) is 0. The quantitative estimate of drug-likeness (QED) is 0.431. The van der Waals surface area contributed by atoms with Crippen molar-refractivity contribution in [3.63, 3.8) is 0 Å². The molecule has 0 spiro atoms. The Morgan fingerprint density at radius 2 is 1.44 bits per heavy atom. The maximum atomic E-state index is 12.4. The van der Waals surface area contributed by atoms with E-state index in [0.717, 1.165) is 5.75 Å². The number of nitrogens with one attached hydrogen (secondary N) is 3. The number of anilines is 3. The maximum Gasteiger partial charge on any atom is 0.255 e. The van der Waals surface area contributed by atoms with Crippen LogP contribution in [0.15, 0.2) is 72.8 Å². The van der Waals surface area contributed by atoms with Crippen LogP contribution in [-0.2, 0) is 4.79 Å². The number of amides is 2. The van der Waals surface area contributed by atoms with Gasteiger partial charge in [0.25, 0.3) is 5.91 Å². The second-order valence-electron chi connectivity index (χ2n) is 7.03. The monoisotopic (exact) mass is 431 g/mol. The highest BCUT2D eigenvalue weighted by molar-refractivity contribution is 6.04. The van der Waals surface area contributed by atoms with Crippen LogP contribution in [0.5, 0.6) is 5.75 Å². The first-order valence-electron chi connectivity index (χ1n) is 10.2. The van der Waals surface area contributed by atoms with Gasteiger partial charge in [-0.05, 0) is 74.5 Å². The van der Waals surface area contributed by atoms with Gasteiger partial charge in [-0.15, -0.1) is 0 Å². The lowest BCUT2D eigenvalue weighted by molar-refractivity contribution is -0.114. The van der Waals surface area contributed by atoms with Crippen LogP contribution >= 0.6 is 0 Å². The van der Waals surface area contributed by atoms with Crippen LogP contribution in [0.2, 0.25) is 0 Å². The third kappa shape index (κ3) is 6.43. The fraction of sp³-hybridized carbons (Fsp3) is 0.160. The molecule has 7 nitrogen and oxygen atoms in total. The number of carbonyl (C=O) groups excluding carboxylic acids is 3. The fourth-order valence-electron chi connectivity index (χ4n) is 2.95. The first-order valence-corrected chi connectivity index (χ1v) is 10.2. The molecule has 0 saturated heterocycles. The van der Waals surface area contributed by atoms with E-state index in [1.54, 1.807) is 72.8 Å². The summed E-state index contributed by atoms with van der Waals surface area (Å²) in [6.45, 7) is 4.03. The minimum absolute atomic E-state index is 0.0373. The van der Waals surface area contributed by atoms with E-state index < -0.39 is 0 Å². The summed E-state index contributed by atoms with van der Waals surface area (Å²) < 4.78 is 5.39. The van der Waals surface area contributed by atoms with Crippen molar-refractivity contribution in [1.29, 1.82) is 0 Å². The predicted molar refractivity (Wildman–Crippen MR) is 126 cm³/mol. The van der Waals surface area contributed by atoms with Crippen LogP contribution in [0.25, 0.3) is 0 Å². The van der Waals surface area contributed by atoms with E-state index in [1.165, 1.54) is 6.92 Å². The highest BCUT2D eigenvalue weighted by Gasteiger charge is 2.08. The predicted octanol–water partition coefficient (Wildman–Crippen LogP) is 4.59. The summed E-state index contributed by atoms with van der Waals surface area (Å²) in [5.74, 6) is 0.209. The van der Waals surface area contributed by atoms with Crippen molar-refractivity contribution in [1.82, 2.24) is 0 Å².